The second-order valence-electron chi connectivity index (χ2n) is 5.33. The van der Waals surface area contributed by atoms with Crippen molar-refractivity contribution in [3.8, 4) is 0 Å². The van der Waals surface area contributed by atoms with Crippen LogP contribution in [0.15, 0.2) is 0 Å². The Morgan fingerprint density at radius 3 is 2.62 bits per heavy atom. The average molecular weight is 302 g/mol. The quantitative estimate of drug-likeness (QED) is 0.719. The van der Waals surface area contributed by atoms with Gasteiger partial charge >= 0.3 is 12.0 Å². The van der Waals surface area contributed by atoms with Crippen molar-refractivity contribution < 1.29 is 24.5 Å². The largest absolute Gasteiger partial charge is 0.480 e. The lowest BCUT2D eigenvalue weighted by Gasteiger charge is -2.39. The topological polar surface area (TPSA) is 90.3 Å². The van der Waals surface area contributed by atoms with E-state index >= 15 is 0 Å². The molecule has 7 heteroatoms. The number of likely N-dealkylation sites (tertiary alicyclic amines) is 1. The van der Waals surface area contributed by atoms with Gasteiger partial charge in [-0.3, -0.25) is 0 Å². The zero-order valence-electron chi connectivity index (χ0n) is 12.8. The molecule has 122 valence electrons. The van der Waals surface area contributed by atoms with Crippen LogP contribution in [-0.2, 0) is 9.53 Å². The lowest BCUT2D eigenvalue weighted by Crippen LogP contribution is -2.55. The highest BCUT2D eigenvalue weighted by atomic mass is 16.5. The summed E-state index contributed by atoms with van der Waals surface area (Å²) in [5.41, 5.74) is 0. The number of hydrogen-bond acceptors (Lipinski definition) is 4. The van der Waals surface area contributed by atoms with Gasteiger partial charge in [0.1, 0.15) is 6.04 Å². The predicted molar refractivity (Wildman–Crippen MR) is 77.1 cm³/mol. The molecule has 1 rings (SSSR count). The van der Waals surface area contributed by atoms with Crippen LogP contribution in [0.4, 0.5) is 4.79 Å². The molecule has 1 aliphatic rings. The number of piperidine rings is 1. The molecule has 1 aliphatic heterocycles. The first kappa shape index (κ1) is 17.7. The monoisotopic (exact) mass is 302 g/mol. The van der Waals surface area contributed by atoms with Crippen LogP contribution in [0.1, 0.15) is 26.2 Å². The first-order chi connectivity index (χ1) is 10.0. The number of methoxy groups -OCH3 is 1. The highest BCUT2D eigenvalue weighted by Crippen LogP contribution is 2.26. The van der Waals surface area contributed by atoms with E-state index in [-0.39, 0.29) is 19.2 Å². The lowest BCUT2D eigenvalue weighted by molar-refractivity contribution is -0.144. The normalized spacial score (nSPS) is 22.1. The minimum atomic E-state index is -0.961. The molecule has 2 N–H and O–H groups in total. The number of carbonyl (C=O) groups excluding carboxylic acids is 1. The maximum absolute atomic E-state index is 12.5. The zero-order chi connectivity index (χ0) is 15.8. The summed E-state index contributed by atoms with van der Waals surface area (Å²) in [6.07, 6.45) is 2.24. The summed E-state index contributed by atoms with van der Waals surface area (Å²) >= 11 is 0. The molecule has 2 atom stereocenters. The van der Waals surface area contributed by atoms with Crippen molar-refractivity contribution in [2.75, 3.05) is 40.0 Å². The fraction of sp³-hybridized carbons (Fsp3) is 0.857. The number of ether oxygens (including phenoxy) is 1. The van der Waals surface area contributed by atoms with Crippen LogP contribution in [0.5, 0.6) is 0 Å². The van der Waals surface area contributed by atoms with E-state index in [1.54, 1.807) is 0 Å². The Morgan fingerprint density at radius 1 is 1.38 bits per heavy atom. The number of hydrogen-bond donors (Lipinski definition) is 2. The van der Waals surface area contributed by atoms with Gasteiger partial charge in [0.2, 0.25) is 0 Å². The molecule has 2 unspecified atom stereocenters. The van der Waals surface area contributed by atoms with Crippen LogP contribution in [0.2, 0.25) is 0 Å². The molecule has 0 bridgehead atoms. The highest BCUT2D eigenvalue weighted by Gasteiger charge is 2.37. The van der Waals surface area contributed by atoms with E-state index in [1.165, 1.54) is 16.9 Å². The van der Waals surface area contributed by atoms with E-state index in [0.29, 0.717) is 32.0 Å². The van der Waals surface area contributed by atoms with E-state index in [4.69, 9.17) is 9.84 Å². The summed E-state index contributed by atoms with van der Waals surface area (Å²) in [6, 6.07) is -1.11. The van der Waals surface area contributed by atoms with Crippen molar-refractivity contribution in [1.82, 2.24) is 9.80 Å². The average Bonchev–Trinajstić information content (AvgIpc) is 2.50. The van der Waals surface area contributed by atoms with E-state index in [9.17, 15) is 14.7 Å². The molecule has 0 saturated carbocycles. The van der Waals surface area contributed by atoms with E-state index in [1.807, 2.05) is 6.92 Å². The van der Waals surface area contributed by atoms with E-state index < -0.39 is 12.0 Å². The Kier molecular flexibility index (Phi) is 7.45. The fourth-order valence-electron chi connectivity index (χ4n) is 2.68. The van der Waals surface area contributed by atoms with Crippen molar-refractivity contribution in [3.05, 3.63) is 0 Å². The third-order valence-electron chi connectivity index (χ3n) is 4.02. The standard InChI is InChI=1S/C14H26N2O5/c1-3-11-4-5-16(12(10-11)13(18)19)14(20)15(6-8-17)7-9-21-2/h11-12,17H,3-10H2,1-2H3,(H,18,19). The van der Waals surface area contributed by atoms with Gasteiger partial charge in [-0.25, -0.2) is 9.59 Å². The number of aliphatic hydroxyl groups is 1. The van der Waals surface area contributed by atoms with Gasteiger partial charge in [0, 0.05) is 26.7 Å². The van der Waals surface area contributed by atoms with Crippen LogP contribution in [0.3, 0.4) is 0 Å². The SMILES string of the molecule is CCC1CCN(C(=O)N(CCO)CCOC)C(C(=O)O)C1. The summed E-state index contributed by atoms with van der Waals surface area (Å²) in [4.78, 5) is 26.8. The van der Waals surface area contributed by atoms with Gasteiger partial charge in [0.25, 0.3) is 0 Å². The fourth-order valence-corrected chi connectivity index (χ4v) is 2.68. The Labute approximate surface area is 125 Å². The van der Waals surface area contributed by atoms with E-state index in [0.717, 1.165) is 12.8 Å². The molecule has 0 spiro atoms. The third-order valence-corrected chi connectivity index (χ3v) is 4.02. The number of carbonyl (C=O) groups is 2. The molecular weight excluding hydrogens is 276 g/mol. The number of carboxylic acids is 1. The van der Waals surface area contributed by atoms with Crippen LogP contribution < -0.4 is 0 Å². The molecule has 0 aromatic rings. The molecule has 0 radical (unpaired) electrons. The molecule has 7 nitrogen and oxygen atoms in total. The highest BCUT2D eigenvalue weighted by molar-refractivity contribution is 5.83. The molecule has 0 aliphatic carbocycles. The number of carboxylic acid groups (broad SMARTS) is 1. The van der Waals surface area contributed by atoms with Crippen molar-refractivity contribution in [3.63, 3.8) is 0 Å². The lowest BCUT2D eigenvalue weighted by atomic mass is 9.89. The summed E-state index contributed by atoms with van der Waals surface area (Å²) < 4.78 is 4.95. The van der Waals surface area contributed by atoms with Crippen molar-refractivity contribution >= 4 is 12.0 Å². The van der Waals surface area contributed by atoms with Crippen molar-refractivity contribution in [2.24, 2.45) is 5.92 Å². The Hall–Kier alpha value is -1.34. The zero-order valence-corrected chi connectivity index (χ0v) is 12.8. The second kappa shape index (κ2) is 8.84. The molecule has 0 aromatic carbocycles. The van der Waals surface area contributed by atoms with E-state index in [2.05, 4.69) is 0 Å². The van der Waals surface area contributed by atoms with Crippen molar-refractivity contribution in [1.29, 1.82) is 0 Å². The Bertz CT molecular complexity index is 350. The number of nitrogens with zero attached hydrogens (tertiary/aromatic N) is 2. The third kappa shape index (κ3) is 4.86. The number of aliphatic hydroxyl groups excluding tert-OH is 1. The molecule has 0 aromatic heterocycles. The summed E-state index contributed by atoms with van der Waals surface area (Å²) in [7, 11) is 1.54. The first-order valence-electron chi connectivity index (χ1n) is 7.43. The Morgan fingerprint density at radius 2 is 2.10 bits per heavy atom. The van der Waals surface area contributed by atoms with Crippen LogP contribution in [-0.4, -0.2) is 78.0 Å². The first-order valence-corrected chi connectivity index (χ1v) is 7.43. The molecule has 1 fully saturated rings. The van der Waals surface area contributed by atoms with Crippen LogP contribution >= 0.6 is 0 Å². The number of amides is 2. The minimum absolute atomic E-state index is 0.154. The number of aliphatic carboxylic acids is 1. The maximum Gasteiger partial charge on any atom is 0.326 e. The van der Waals surface area contributed by atoms with Crippen LogP contribution in [0.25, 0.3) is 0 Å². The van der Waals surface area contributed by atoms with Gasteiger partial charge in [-0.1, -0.05) is 13.3 Å². The molecule has 1 saturated heterocycles. The molecule has 1 heterocycles. The maximum atomic E-state index is 12.5. The minimum Gasteiger partial charge on any atom is -0.480 e. The number of urea groups is 1. The number of rotatable bonds is 7. The predicted octanol–water partition coefficient (Wildman–Crippen LogP) is 0.622. The van der Waals surface area contributed by atoms with Gasteiger partial charge < -0.3 is 24.7 Å². The summed E-state index contributed by atoms with van der Waals surface area (Å²) in [5, 5.41) is 18.4. The van der Waals surface area contributed by atoms with Gasteiger partial charge in [-0.05, 0) is 18.8 Å². The van der Waals surface area contributed by atoms with Gasteiger partial charge in [-0.2, -0.15) is 0 Å². The Balaban J connectivity index is 2.78. The van der Waals surface area contributed by atoms with Gasteiger partial charge in [0.15, 0.2) is 0 Å². The summed E-state index contributed by atoms with van der Waals surface area (Å²) in [6.45, 7) is 3.21. The summed E-state index contributed by atoms with van der Waals surface area (Å²) in [5.74, 6) is -0.613. The molecular formula is C14H26N2O5. The second-order valence-corrected chi connectivity index (χ2v) is 5.33. The molecule has 21 heavy (non-hydrogen) atoms. The van der Waals surface area contributed by atoms with Gasteiger partial charge in [0.05, 0.1) is 13.2 Å². The smallest absolute Gasteiger partial charge is 0.326 e. The van der Waals surface area contributed by atoms with Crippen molar-refractivity contribution in [2.45, 2.75) is 32.2 Å². The van der Waals surface area contributed by atoms with Gasteiger partial charge in [-0.15, -0.1) is 0 Å². The molecule has 2 amide bonds. The van der Waals surface area contributed by atoms with Crippen LogP contribution in [0, 0.1) is 5.92 Å².